The van der Waals surface area contributed by atoms with Gasteiger partial charge in [-0.25, -0.2) is 4.98 Å². The maximum Gasteiger partial charge on any atom is 0.184 e. The molecule has 2 atom stereocenters. The van der Waals surface area contributed by atoms with Crippen LogP contribution in [-0.4, -0.2) is 30.8 Å². The second-order valence-corrected chi connectivity index (χ2v) is 6.07. The number of benzene rings is 1. The molecule has 1 fully saturated rings. The second-order valence-electron chi connectivity index (χ2n) is 5.04. The molecule has 108 valence electrons. The van der Waals surface area contributed by atoms with Crippen LogP contribution in [0.5, 0.6) is 5.75 Å². The highest BCUT2D eigenvalue weighted by atomic mass is 32.1. The zero-order chi connectivity index (χ0) is 13.9. The van der Waals surface area contributed by atoms with E-state index >= 15 is 0 Å². The van der Waals surface area contributed by atoms with Crippen molar-refractivity contribution in [1.82, 2.24) is 4.98 Å². The molecule has 0 radical (unpaired) electrons. The summed E-state index contributed by atoms with van der Waals surface area (Å²) in [4.78, 5) is 4.64. The smallest absolute Gasteiger partial charge is 0.184 e. The van der Waals surface area contributed by atoms with Crippen molar-refractivity contribution in [3.05, 3.63) is 18.2 Å². The van der Waals surface area contributed by atoms with Crippen LogP contribution >= 0.6 is 11.3 Å². The average Bonchev–Trinajstić information content (AvgIpc) is 3.04. The Labute approximate surface area is 123 Å². The Hall–Kier alpha value is -1.33. The van der Waals surface area contributed by atoms with E-state index < -0.39 is 0 Å². The summed E-state index contributed by atoms with van der Waals surface area (Å²) in [5.41, 5.74) is 1.02. The molecule has 1 aromatic heterocycles. The van der Waals surface area contributed by atoms with E-state index in [-0.39, 0.29) is 0 Å². The Morgan fingerprint density at radius 2 is 2.30 bits per heavy atom. The van der Waals surface area contributed by atoms with Gasteiger partial charge in [-0.05, 0) is 44.4 Å². The maximum atomic E-state index is 5.53. The van der Waals surface area contributed by atoms with Crippen molar-refractivity contribution in [2.75, 3.05) is 19.0 Å². The number of aromatic nitrogens is 1. The molecule has 0 aliphatic heterocycles. The number of hydrogen-bond acceptors (Lipinski definition) is 5. The topological polar surface area (TPSA) is 43.4 Å². The van der Waals surface area contributed by atoms with E-state index in [1.165, 1.54) is 6.42 Å². The highest BCUT2D eigenvalue weighted by Gasteiger charge is 2.27. The van der Waals surface area contributed by atoms with Gasteiger partial charge in [0.25, 0.3) is 0 Å². The number of methoxy groups -OCH3 is 1. The van der Waals surface area contributed by atoms with Crippen molar-refractivity contribution < 1.29 is 9.47 Å². The lowest BCUT2D eigenvalue weighted by atomic mass is 10.2. The van der Waals surface area contributed by atoms with Gasteiger partial charge in [0, 0.05) is 7.11 Å². The molecule has 1 N–H and O–H groups in total. The molecule has 1 aliphatic rings. The van der Waals surface area contributed by atoms with Crippen LogP contribution in [0.1, 0.15) is 26.2 Å². The van der Waals surface area contributed by atoms with Gasteiger partial charge in [0.2, 0.25) is 0 Å². The lowest BCUT2D eigenvalue weighted by Crippen LogP contribution is -2.29. The van der Waals surface area contributed by atoms with Crippen LogP contribution in [0.15, 0.2) is 18.2 Å². The normalized spacial score (nSPS) is 22.3. The summed E-state index contributed by atoms with van der Waals surface area (Å²) in [6.45, 7) is 2.68. The van der Waals surface area contributed by atoms with Crippen LogP contribution in [0, 0.1) is 0 Å². The first-order valence-corrected chi connectivity index (χ1v) is 7.94. The highest BCUT2D eigenvalue weighted by molar-refractivity contribution is 7.22. The molecule has 1 saturated carbocycles. The van der Waals surface area contributed by atoms with Crippen molar-refractivity contribution in [2.24, 2.45) is 0 Å². The van der Waals surface area contributed by atoms with Gasteiger partial charge in [0.1, 0.15) is 5.75 Å². The maximum absolute atomic E-state index is 5.53. The molecule has 1 heterocycles. The molecule has 5 heteroatoms. The molecule has 4 nitrogen and oxygen atoms in total. The van der Waals surface area contributed by atoms with E-state index in [1.807, 2.05) is 19.1 Å². The number of anilines is 1. The molecule has 0 amide bonds. The van der Waals surface area contributed by atoms with Crippen molar-refractivity contribution in [3.8, 4) is 5.75 Å². The quantitative estimate of drug-likeness (QED) is 0.913. The molecule has 2 aromatic rings. The van der Waals surface area contributed by atoms with Crippen molar-refractivity contribution in [3.63, 3.8) is 0 Å². The summed E-state index contributed by atoms with van der Waals surface area (Å²) < 4.78 is 12.2. The number of ether oxygens (including phenoxy) is 2. The molecule has 0 saturated heterocycles. The van der Waals surface area contributed by atoms with E-state index in [1.54, 1.807) is 18.4 Å². The van der Waals surface area contributed by atoms with E-state index in [2.05, 4.69) is 16.4 Å². The summed E-state index contributed by atoms with van der Waals surface area (Å²) in [6, 6.07) is 6.43. The van der Waals surface area contributed by atoms with E-state index in [0.717, 1.165) is 33.9 Å². The standard InChI is InChI=1S/C15H20N2O2S/c1-3-19-10-7-8-12-14(9-10)20-15(17-12)16-11-5-4-6-13(11)18-2/h7-9,11,13H,3-6H2,1-2H3,(H,16,17). The number of thiazole rings is 1. The Balaban J connectivity index is 1.78. The van der Waals surface area contributed by atoms with Crippen LogP contribution < -0.4 is 10.1 Å². The zero-order valence-electron chi connectivity index (χ0n) is 11.9. The third-order valence-electron chi connectivity index (χ3n) is 3.74. The largest absolute Gasteiger partial charge is 0.494 e. The first kappa shape index (κ1) is 13.6. The number of hydrogen-bond donors (Lipinski definition) is 1. The Bertz CT molecular complexity index is 584. The summed E-state index contributed by atoms with van der Waals surface area (Å²) in [7, 11) is 1.79. The summed E-state index contributed by atoms with van der Waals surface area (Å²) >= 11 is 1.68. The van der Waals surface area contributed by atoms with Crippen LogP contribution in [0.2, 0.25) is 0 Å². The lowest BCUT2D eigenvalue weighted by Gasteiger charge is -2.18. The molecule has 20 heavy (non-hydrogen) atoms. The van der Waals surface area contributed by atoms with Crippen molar-refractivity contribution in [1.29, 1.82) is 0 Å². The summed E-state index contributed by atoms with van der Waals surface area (Å²) in [6.07, 6.45) is 3.81. The summed E-state index contributed by atoms with van der Waals surface area (Å²) in [5.74, 6) is 0.908. The number of rotatable bonds is 5. The van der Waals surface area contributed by atoms with Crippen LogP contribution in [0.4, 0.5) is 5.13 Å². The minimum atomic E-state index is 0.306. The van der Waals surface area contributed by atoms with Gasteiger partial charge >= 0.3 is 0 Å². The number of fused-ring (bicyclic) bond motifs is 1. The van der Waals surface area contributed by atoms with Crippen LogP contribution in [-0.2, 0) is 4.74 Å². The Morgan fingerprint density at radius 3 is 3.10 bits per heavy atom. The van der Waals surface area contributed by atoms with Gasteiger partial charge in [0.05, 0.1) is 29.0 Å². The van der Waals surface area contributed by atoms with E-state index in [9.17, 15) is 0 Å². The van der Waals surface area contributed by atoms with Gasteiger partial charge in [-0.3, -0.25) is 0 Å². The first-order valence-electron chi connectivity index (χ1n) is 7.13. The van der Waals surface area contributed by atoms with Gasteiger partial charge in [-0.2, -0.15) is 0 Å². The number of nitrogens with one attached hydrogen (secondary N) is 1. The SMILES string of the molecule is CCOc1ccc2nc(NC3CCCC3OC)sc2c1. The predicted octanol–water partition coefficient (Wildman–Crippen LogP) is 3.67. The van der Waals surface area contributed by atoms with Gasteiger partial charge in [-0.1, -0.05) is 11.3 Å². The van der Waals surface area contributed by atoms with Crippen LogP contribution in [0.3, 0.4) is 0 Å². The van der Waals surface area contributed by atoms with E-state index in [4.69, 9.17) is 9.47 Å². The summed E-state index contributed by atoms with van der Waals surface area (Å²) in [5, 5.41) is 4.50. The Morgan fingerprint density at radius 1 is 1.40 bits per heavy atom. The monoisotopic (exact) mass is 292 g/mol. The van der Waals surface area contributed by atoms with Crippen molar-refractivity contribution >= 4 is 26.7 Å². The Kier molecular flexibility index (Phi) is 4.08. The molecular formula is C15H20N2O2S. The molecular weight excluding hydrogens is 272 g/mol. The van der Waals surface area contributed by atoms with Gasteiger partial charge in [-0.15, -0.1) is 0 Å². The lowest BCUT2D eigenvalue weighted by molar-refractivity contribution is 0.101. The molecule has 0 spiro atoms. The van der Waals surface area contributed by atoms with Gasteiger partial charge in [0.15, 0.2) is 5.13 Å². The zero-order valence-corrected chi connectivity index (χ0v) is 12.7. The molecule has 0 bridgehead atoms. The van der Waals surface area contributed by atoms with Crippen molar-refractivity contribution in [2.45, 2.75) is 38.3 Å². The average molecular weight is 292 g/mol. The highest BCUT2D eigenvalue weighted by Crippen LogP contribution is 2.32. The van der Waals surface area contributed by atoms with Crippen LogP contribution in [0.25, 0.3) is 10.2 Å². The first-order chi connectivity index (χ1) is 9.80. The van der Waals surface area contributed by atoms with E-state index in [0.29, 0.717) is 18.8 Å². The third kappa shape index (κ3) is 2.74. The third-order valence-corrected chi connectivity index (χ3v) is 4.68. The molecule has 1 aliphatic carbocycles. The fourth-order valence-electron chi connectivity index (χ4n) is 2.75. The second kappa shape index (κ2) is 5.97. The predicted molar refractivity (Wildman–Crippen MR) is 82.8 cm³/mol. The molecule has 1 aromatic carbocycles. The minimum Gasteiger partial charge on any atom is -0.494 e. The fourth-order valence-corrected chi connectivity index (χ4v) is 3.71. The number of nitrogens with zero attached hydrogens (tertiary/aromatic N) is 1. The molecule has 3 rings (SSSR count). The fraction of sp³-hybridized carbons (Fsp3) is 0.533. The van der Waals surface area contributed by atoms with Gasteiger partial charge < -0.3 is 14.8 Å². The molecule has 2 unspecified atom stereocenters. The minimum absolute atomic E-state index is 0.306.